The summed E-state index contributed by atoms with van der Waals surface area (Å²) in [7, 11) is 1.29. The third kappa shape index (κ3) is 7.20. The topological polar surface area (TPSA) is 175 Å². The molecule has 3 aliphatic heterocycles. The number of carbonyl (C=O) groups excluding carboxylic acids is 4. The quantitative estimate of drug-likeness (QED) is 0.109. The minimum atomic E-state index is -0.753. The van der Waals surface area contributed by atoms with Crippen LogP contribution in [0.2, 0.25) is 0 Å². The molecule has 0 bridgehead atoms. The number of benzene rings is 4. The monoisotopic (exact) mass is 834 g/mol. The maximum absolute atomic E-state index is 14.3. The van der Waals surface area contributed by atoms with Gasteiger partial charge in [0.05, 0.1) is 42.1 Å². The van der Waals surface area contributed by atoms with Crippen molar-refractivity contribution in [3.05, 3.63) is 102 Å². The maximum atomic E-state index is 14.3. The number of methoxy groups -OCH3 is 1. The van der Waals surface area contributed by atoms with Crippen LogP contribution < -0.4 is 15.4 Å². The number of amides is 4. The van der Waals surface area contributed by atoms with Crippen LogP contribution >= 0.6 is 0 Å². The highest BCUT2D eigenvalue weighted by Gasteiger charge is 2.40. The first-order valence-electron chi connectivity index (χ1n) is 21.7. The van der Waals surface area contributed by atoms with Crippen LogP contribution in [0.3, 0.4) is 0 Å². The van der Waals surface area contributed by atoms with E-state index >= 15 is 0 Å². The van der Waals surface area contributed by atoms with Crippen LogP contribution in [-0.4, -0.2) is 79.8 Å². The summed E-state index contributed by atoms with van der Waals surface area (Å²) in [5, 5.41) is 7.76. The largest absolute Gasteiger partial charge is 0.488 e. The Hall–Kier alpha value is -6.70. The normalized spacial score (nSPS) is 19.2. The van der Waals surface area contributed by atoms with Crippen LogP contribution in [0.4, 0.5) is 4.79 Å². The second-order valence-electron chi connectivity index (χ2n) is 17.4. The molecule has 5 heterocycles. The minimum absolute atomic E-state index is 0.0122. The Morgan fingerprint density at radius 2 is 1.58 bits per heavy atom. The second kappa shape index (κ2) is 16.0. The van der Waals surface area contributed by atoms with Crippen LogP contribution in [0.15, 0.2) is 79.0 Å². The number of ether oxygens (including phenoxy) is 2. The molecule has 10 rings (SSSR count). The van der Waals surface area contributed by atoms with Gasteiger partial charge in [0.15, 0.2) is 0 Å². The molecule has 0 spiro atoms. The van der Waals surface area contributed by atoms with E-state index in [0.717, 1.165) is 105 Å². The second-order valence-corrected chi connectivity index (χ2v) is 17.4. The number of aromatic nitrogens is 4. The van der Waals surface area contributed by atoms with Gasteiger partial charge in [0.25, 0.3) is 0 Å². The highest BCUT2D eigenvalue weighted by Crippen LogP contribution is 2.44. The van der Waals surface area contributed by atoms with Crippen molar-refractivity contribution >= 4 is 45.6 Å². The first-order valence-corrected chi connectivity index (χ1v) is 21.7. The molecular formula is C48H50N8O6. The minimum Gasteiger partial charge on any atom is -0.488 e. The van der Waals surface area contributed by atoms with Gasteiger partial charge in [-0.25, -0.2) is 14.8 Å². The van der Waals surface area contributed by atoms with Gasteiger partial charge in [0.2, 0.25) is 17.7 Å². The van der Waals surface area contributed by atoms with Crippen molar-refractivity contribution in [1.29, 1.82) is 0 Å². The van der Waals surface area contributed by atoms with Crippen molar-refractivity contribution in [3.8, 4) is 28.1 Å². The zero-order valence-corrected chi connectivity index (χ0v) is 35.1. The maximum Gasteiger partial charge on any atom is 0.407 e. The number of nitrogens with one attached hydrogen (secondary N) is 4. The number of nitrogens with zero attached hydrogens (tertiary/aromatic N) is 4. The Bertz CT molecular complexity index is 2720. The lowest BCUT2D eigenvalue weighted by Gasteiger charge is -2.30. The average Bonchev–Trinajstić information content (AvgIpc) is 3.70. The SMILES string of the molecule is COC(=O)NC(C(=O)N1CCC[C@H]1c1ncc(-c2ccc3c(c2)COc2cc4c(ccc5[nH]c([C@@H]6CCCN6C(=O)[C@H](NC(=O)C6CC6)c6ccccc6)nc54)cc2-3)[nH]1)C(C)C. The van der Waals surface area contributed by atoms with Crippen LogP contribution in [0.1, 0.15) is 93.3 Å². The molecule has 62 heavy (non-hydrogen) atoms. The van der Waals surface area contributed by atoms with Crippen molar-refractivity contribution in [2.45, 2.75) is 83.1 Å². The first-order chi connectivity index (χ1) is 30.1. The summed E-state index contributed by atoms with van der Waals surface area (Å²) in [5.41, 5.74) is 7.43. The highest BCUT2D eigenvalue weighted by molar-refractivity contribution is 6.07. The van der Waals surface area contributed by atoms with Crippen LogP contribution in [0, 0.1) is 11.8 Å². The molecule has 6 aromatic rings. The molecule has 1 saturated carbocycles. The highest BCUT2D eigenvalue weighted by atomic mass is 16.5. The van der Waals surface area contributed by atoms with Crippen molar-refractivity contribution in [3.63, 3.8) is 0 Å². The smallest absolute Gasteiger partial charge is 0.407 e. The van der Waals surface area contributed by atoms with Gasteiger partial charge < -0.3 is 39.9 Å². The number of H-pyrrole nitrogens is 2. The van der Waals surface area contributed by atoms with Gasteiger partial charge in [-0.3, -0.25) is 14.4 Å². The molecule has 4 N–H and O–H groups in total. The number of fused-ring (bicyclic) bond motifs is 6. The fourth-order valence-corrected chi connectivity index (χ4v) is 9.50. The molecule has 1 aliphatic carbocycles. The van der Waals surface area contributed by atoms with E-state index < -0.39 is 18.2 Å². The van der Waals surface area contributed by atoms with Gasteiger partial charge in [-0.2, -0.15) is 0 Å². The summed E-state index contributed by atoms with van der Waals surface area (Å²) in [6.45, 7) is 5.37. The van der Waals surface area contributed by atoms with Gasteiger partial charge in [-0.05, 0) is 96.3 Å². The fourth-order valence-electron chi connectivity index (χ4n) is 9.50. The van der Waals surface area contributed by atoms with E-state index in [1.165, 1.54) is 7.11 Å². The van der Waals surface area contributed by atoms with Crippen LogP contribution in [0.5, 0.6) is 5.75 Å². The third-order valence-electron chi connectivity index (χ3n) is 13.0. The standard InChI is InChI=1S/C48H50N8O6/c1-26(2)40(54-48(60)61-3)46(58)55-19-7-11-37(55)43-49-24-36(51-43)30-15-17-32-31(21-30)25-62-39-23-33-29(22-34(32)39)16-18-35-42(33)52-44(50-35)38-12-8-20-56(38)47(59)41(27-9-5-4-6-10-27)53-45(57)28-13-14-28/h4-6,9-10,15-18,21-24,26,28,37-38,40-41H,7-8,11-14,19-20,25H2,1-3H3,(H,49,51)(H,50,52)(H,53,57)(H,54,60)/t37-,38-,40?,41+/m0/s1. The van der Waals surface area contributed by atoms with Crippen molar-refractivity contribution in [2.24, 2.45) is 11.8 Å². The molecule has 2 aromatic heterocycles. The van der Waals surface area contributed by atoms with Gasteiger partial charge >= 0.3 is 6.09 Å². The number of imidazole rings is 2. The number of aromatic amines is 2. The van der Waals surface area contributed by atoms with E-state index in [1.807, 2.05) is 66.2 Å². The number of rotatable bonds is 10. The molecule has 14 heteroatoms. The van der Waals surface area contributed by atoms with Gasteiger partial charge in [-0.1, -0.05) is 62.4 Å². The Morgan fingerprint density at radius 3 is 2.32 bits per heavy atom. The summed E-state index contributed by atoms with van der Waals surface area (Å²) in [5.74, 6) is 1.78. The first kappa shape index (κ1) is 39.4. The fraction of sp³-hybridized carbons (Fsp3) is 0.375. The van der Waals surface area contributed by atoms with E-state index in [4.69, 9.17) is 19.4 Å². The summed E-state index contributed by atoms with van der Waals surface area (Å²) in [4.78, 5) is 73.6. The Morgan fingerprint density at radius 1 is 0.823 bits per heavy atom. The molecule has 4 aromatic carbocycles. The number of likely N-dealkylation sites (tertiary alicyclic amines) is 2. The Kier molecular flexibility index (Phi) is 10.2. The summed E-state index contributed by atoms with van der Waals surface area (Å²) >= 11 is 0. The molecule has 1 unspecified atom stereocenters. The molecule has 318 valence electrons. The zero-order valence-electron chi connectivity index (χ0n) is 35.1. The molecule has 2 saturated heterocycles. The summed E-state index contributed by atoms with van der Waals surface area (Å²) in [6.07, 6.45) is 6.13. The van der Waals surface area contributed by atoms with Gasteiger partial charge in [0.1, 0.15) is 36.1 Å². The Labute approximate surface area is 358 Å². The lowest BCUT2D eigenvalue weighted by Crippen LogP contribution is -2.51. The van der Waals surface area contributed by atoms with Crippen LogP contribution in [-0.2, 0) is 25.7 Å². The number of carbonyl (C=O) groups is 4. The lowest BCUT2D eigenvalue weighted by atomic mass is 9.92. The molecule has 4 atom stereocenters. The molecule has 4 amide bonds. The number of hydrogen-bond donors (Lipinski definition) is 4. The molecule has 14 nitrogen and oxygen atoms in total. The van der Waals surface area contributed by atoms with Crippen molar-refractivity contribution in [1.82, 2.24) is 40.4 Å². The summed E-state index contributed by atoms with van der Waals surface area (Å²) < 4.78 is 11.2. The van der Waals surface area contributed by atoms with Crippen LogP contribution in [0.25, 0.3) is 44.2 Å². The van der Waals surface area contributed by atoms with E-state index in [2.05, 4.69) is 57.0 Å². The number of hydrogen-bond acceptors (Lipinski definition) is 8. The van der Waals surface area contributed by atoms with Gasteiger partial charge in [0, 0.05) is 30.0 Å². The van der Waals surface area contributed by atoms with E-state index in [1.54, 1.807) is 0 Å². The summed E-state index contributed by atoms with van der Waals surface area (Å²) in [6, 6.07) is 22.3. The van der Waals surface area contributed by atoms with Gasteiger partial charge in [-0.15, -0.1) is 0 Å². The van der Waals surface area contributed by atoms with E-state index in [9.17, 15) is 19.2 Å². The predicted octanol–water partition coefficient (Wildman–Crippen LogP) is 7.64. The van der Waals surface area contributed by atoms with Crippen molar-refractivity contribution < 1.29 is 28.7 Å². The molecule has 4 aliphatic rings. The lowest BCUT2D eigenvalue weighted by molar-refractivity contribution is -0.138. The zero-order chi connectivity index (χ0) is 42.6. The van der Waals surface area contributed by atoms with E-state index in [0.29, 0.717) is 25.5 Å². The van der Waals surface area contributed by atoms with Crippen molar-refractivity contribution in [2.75, 3.05) is 20.2 Å². The molecule has 3 fully saturated rings. The average molecular weight is 835 g/mol. The van der Waals surface area contributed by atoms with E-state index in [-0.39, 0.29) is 41.6 Å². The molecular weight excluding hydrogens is 785 g/mol. The number of alkyl carbamates (subject to hydrolysis) is 1. The molecule has 0 radical (unpaired) electrons. The predicted molar refractivity (Wildman–Crippen MR) is 233 cm³/mol. The Balaban J connectivity index is 0.892. The third-order valence-corrected chi connectivity index (χ3v) is 13.0.